The van der Waals surface area contributed by atoms with E-state index in [1.807, 2.05) is 0 Å². The smallest absolute Gasteiger partial charge is 0.342 e. The van der Waals surface area contributed by atoms with Gasteiger partial charge < -0.3 is 4.90 Å². The van der Waals surface area contributed by atoms with Crippen LogP contribution in [0.3, 0.4) is 0 Å². The normalized spacial score (nSPS) is 19.4. The SMILES string of the molecule is NS(=O)(=O)CC1CC(=O)N(CCc2ccc(C(F)(F)F)cc2)C1. The topological polar surface area (TPSA) is 80.5 Å². The van der Waals surface area contributed by atoms with Crippen LogP contribution < -0.4 is 5.14 Å². The van der Waals surface area contributed by atoms with Crippen LogP contribution in [0.4, 0.5) is 13.2 Å². The van der Waals surface area contributed by atoms with E-state index in [9.17, 15) is 26.4 Å². The molecular weight excluding hydrogens is 333 g/mol. The molecule has 2 rings (SSSR count). The Morgan fingerprint density at radius 3 is 2.35 bits per heavy atom. The average Bonchev–Trinajstić information content (AvgIpc) is 2.73. The number of hydrogen-bond donors (Lipinski definition) is 1. The van der Waals surface area contributed by atoms with Gasteiger partial charge in [-0.05, 0) is 24.1 Å². The largest absolute Gasteiger partial charge is 0.416 e. The molecule has 0 radical (unpaired) electrons. The van der Waals surface area contributed by atoms with Crippen LogP contribution in [0.25, 0.3) is 0 Å². The fourth-order valence-electron chi connectivity index (χ4n) is 2.63. The summed E-state index contributed by atoms with van der Waals surface area (Å²) in [6.07, 6.45) is -3.83. The van der Waals surface area contributed by atoms with Gasteiger partial charge in [0.05, 0.1) is 11.3 Å². The predicted octanol–water partition coefficient (Wildman–Crippen LogP) is 1.38. The molecule has 1 aliphatic heterocycles. The maximum Gasteiger partial charge on any atom is 0.416 e. The summed E-state index contributed by atoms with van der Waals surface area (Å²) < 4.78 is 59.5. The Balaban J connectivity index is 1.90. The van der Waals surface area contributed by atoms with Crippen molar-refractivity contribution in [3.63, 3.8) is 0 Å². The Kier molecular flexibility index (Phi) is 5.00. The second-order valence-corrected chi connectivity index (χ2v) is 7.34. The van der Waals surface area contributed by atoms with Crippen molar-refractivity contribution in [3.8, 4) is 0 Å². The zero-order chi connectivity index (χ0) is 17.3. The molecule has 1 heterocycles. The third kappa shape index (κ3) is 5.21. The van der Waals surface area contributed by atoms with Crippen LogP contribution in [0.2, 0.25) is 0 Å². The molecular formula is C14H17F3N2O3S. The van der Waals surface area contributed by atoms with Crippen molar-refractivity contribution in [2.45, 2.75) is 19.0 Å². The van der Waals surface area contributed by atoms with E-state index in [0.29, 0.717) is 25.1 Å². The highest BCUT2D eigenvalue weighted by atomic mass is 32.2. The second kappa shape index (κ2) is 6.48. The molecule has 1 amide bonds. The summed E-state index contributed by atoms with van der Waals surface area (Å²) in [4.78, 5) is 13.3. The first-order valence-corrected chi connectivity index (χ1v) is 8.70. The monoisotopic (exact) mass is 350 g/mol. The quantitative estimate of drug-likeness (QED) is 0.871. The van der Waals surface area contributed by atoms with Gasteiger partial charge in [-0.1, -0.05) is 12.1 Å². The first-order valence-electron chi connectivity index (χ1n) is 6.99. The first-order chi connectivity index (χ1) is 10.5. The highest BCUT2D eigenvalue weighted by Crippen LogP contribution is 2.29. The molecule has 1 aromatic carbocycles. The van der Waals surface area contributed by atoms with Gasteiger partial charge in [0.2, 0.25) is 15.9 Å². The maximum atomic E-state index is 12.5. The van der Waals surface area contributed by atoms with Crippen molar-refractivity contribution in [1.29, 1.82) is 0 Å². The number of primary sulfonamides is 1. The Labute approximate surface area is 132 Å². The van der Waals surface area contributed by atoms with Crippen LogP contribution in [0.15, 0.2) is 24.3 Å². The van der Waals surface area contributed by atoms with E-state index < -0.39 is 21.8 Å². The highest BCUT2D eigenvalue weighted by Gasteiger charge is 2.32. The van der Waals surface area contributed by atoms with Gasteiger partial charge in [0.25, 0.3) is 0 Å². The molecule has 0 spiro atoms. The molecule has 23 heavy (non-hydrogen) atoms. The number of amides is 1. The summed E-state index contributed by atoms with van der Waals surface area (Å²) in [5.41, 5.74) is -0.0348. The van der Waals surface area contributed by atoms with Crippen molar-refractivity contribution >= 4 is 15.9 Å². The number of likely N-dealkylation sites (tertiary alicyclic amines) is 1. The number of benzene rings is 1. The van der Waals surface area contributed by atoms with E-state index >= 15 is 0 Å². The number of hydrogen-bond acceptors (Lipinski definition) is 3. The van der Waals surface area contributed by atoms with Gasteiger partial charge in [-0.15, -0.1) is 0 Å². The molecule has 2 N–H and O–H groups in total. The predicted molar refractivity (Wildman–Crippen MR) is 77.8 cm³/mol. The lowest BCUT2D eigenvalue weighted by Crippen LogP contribution is -2.29. The fourth-order valence-corrected chi connectivity index (χ4v) is 3.52. The van der Waals surface area contributed by atoms with Crippen LogP contribution in [0.1, 0.15) is 17.5 Å². The highest BCUT2D eigenvalue weighted by molar-refractivity contribution is 7.89. The van der Waals surface area contributed by atoms with E-state index in [4.69, 9.17) is 5.14 Å². The van der Waals surface area contributed by atoms with Crippen molar-refractivity contribution in [2.24, 2.45) is 11.1 Å². The standard InChI is InChI=1S/C14H17F3N2O3S/c15-14(16,17)12-3-1-10(2-4-12)5-6-19-8-11(7-13(19)20)9-23(18,21)22/h1-4,11H,5-9H2,(H2,18,21,22). The second-order valence-electron chi connectivity index (χ2n) is 5.68. The maximum absolute atomic E-state index is 12.5. The molecule has 0 aliphatic carbocycles. The van der Waals surface area contributed by atoms with Gasteiger partial charge in [-0.2, -0.15) is 13.2 Å². The summed E-state index contributed by atoms with van der Waals surface area (Å²) >= 11 is 0. The molecule has 9 heteroatoms. The van der Waals surface area contributed by atoms with Crippen molar-refractivity contribution in [3.05, 3.63) is 35.4 Å². The Bertz CT molecular complexity index is 672. The molecule has 0 bridgehead atoms. The fraction of sp³-hybridized carbons (Fsp3) is 0.500. The van der Waals surface area contributed by atoms with Gasteiger partial charge in [-0.3, -0.25) is 4.79 Å². The van der Waals surface area contributed by atoms with Gasteiger partial charge in [0.1, 0.15) is 0 Å². The minimum Gasteiger partial charge on any atom is -0.342 e. The van der Waals surface area contributed by atoms with Crippen LogP contribution >= 0.6 is 0 Å². The molecule has 5 nitrogen and oxygen atoms in total. The van der Waals surface area contributed by atoms with Crippen LogP contribution in [0.5, 0.6) is 0 Å². The molecule has 1 atom stereocenters. The summed E-state index contributed by atoms with van der Waals surface area (Å²) in [7, 11) is -3.63. The molecule has 0 saturated carbocycles. The Morgan fingerprint density at radius 1 is 1.22 bits per heavy atom. The average molecular weight is 350 g/mol. The number of halogens is 3. The van der Waals surface area contributed by atoms with Crippen molar-refractivity contribution in [2.75, 3.05) is 18.8 Å². The number of nitrogens with two attached hydrogens (primary N) is 1. The van der Waals surface area contributed by atoms with E-state index in [2.05, 4.69) is 0 Å². The van der Waals surface area contributed by atoms with Crippen LogP contribution in [-0.4, -0.2) is 38.1 Å². The number of carbonyl (C=O) groups is 1. The summed E-state index contributed by atoms with van der Waals surface area (Å²) in [5.74, 6) is -0.731. The molecule has 1 aromatic rings. The number of carbonyl (C=O) groups excluding carboxylic acids is 1. The molecule has 0 aromatic heterocycles. The van der Waals surface area contributed by atoms with Gasteiger partial charge >= 0.3 is 6.18 Å². The van der Waals surface area contributed by atoms with Gasteiger partial charge in [0, 0.05) is 25.4 Å². The molecule has 1 aliphatic rings. The number of nitrogens with zero attached hydrogens (tertiary/aromatic N) is 1. The Morgan fingerprint density at radius 2 is 1.83 bits per heavy atom. The van der Waals surface area contributed by atoms with E-state index in [-0.39, 0.29) is 24.0 Å². The van der Waals surface area contributed by atoms with Gasteiger partial charge in [-0.25, -0.2) is 13.6 Å². The zero-order valence-corrected chi connectivity index (χ0v) is 13.0. The summed E-state index contributed by atoms with van der Waals surface area (Å²) in [6, 6.07) is 4.77. The van der Waals surface area contributed by atoms with E-state index in [0.717, 1.165) is 12.1 Å². The van der Waals surface area contributed by atoms with E-state index in [1.165, 1.54) is 17.0 Å². The number of alkyl halides is 3. The number of rotatable bonds is 5. The lowest BCUT2D eigenvalue weighted by atomic mass is 10.1. The van der Waals surface area contributed by atoms with Crippen molar-refractivity contribution < 1.29 is 26.4 Å². The molecule has 1 unspecified atom stereocenters. The first kappa shape index (κ1) is 17.7. The molecule has 128 valence electrons. The lowest BCUT2D eigenvalue weighted by Gasteiger charge is -2.16. The summed E-state index contributed by atoms with van der Waals surface area (Å²) in [6.45, 7) is 0.640. The molecule has 1 fully saturated rings. The minimum absolute atomic E-state index is 0.128. The van der Waals surface area contributed by atoms with Crippen LogP contribution in [-0.2, 0) is 27.4 Å². The van der Waals surface area contributed by atoms with Crippen LogP contribution in [0, 0.1) is 5.92 Å². The Hall–Kier alpha value is -1.61. The molecule has 1 saturated heterocycles. The van der Waals surface area contributed by atoms with Crippen molar-refractivity contribution in [1.82, 2.24) is 4.90 Å². The minimum atomic E-state index is -4.37. The third-order valence-electron chi connectivity index (χ3n) is 3.71. The summed E-state index contributed by atoms with van der Waals surface area (Å²) in [5, 5.41) is 4.97. The van der Waals surface area contributed by atoms with Gasteiger partial charge in [0.15, 0.2) is 0 Å². The third-order valence-corrected chi connectivity index (χ3v) is 4.65. The number of sulfonamides is 1. The zero-order valence-electron chi connectivity index (χ0n) is 12.2. The van der Waals surface area contributed by atoms with E-state index in [1.54, 1.807) is 0 Å². The lowest BCUT2D eigenvalue weighted by molar-refractivity contribution is -0.137.